The molecule has 1 aromatic carbocycles. The number of carbonyl (C=O) groups excluding carboxylic acids is 1. The fourth-order valence-electron chi connectivity index (χ4n) is 5.38. The Labute approximate surface area is 276 Å². The van der Waals surface area contributed by atoms with Gasteiger partial charge < -0.3 is 19.3 Å². The van der Waals surface area contributed by atoms with Gasteiger partial charge in [0.1, 0.15) is 37.8 Å². The standard InChI is InChI=1S/C32H47IN5O5Si/c1-28(2,3)31(40)18-32(44(10)11,42-23(31)17-41-29(4,5)6)38-20-36-24-25(34-19-35-26(24)38)37(27(39)43-30(7,8)9)16-21-12-14-22(33)15-13-21/h12-15,19-20,23,40H,16-18H2,1-11H3/t23-,31+,32+/m1/s1. The van der Waals surface area contributed by atoms with Crippen LogP contribution < -0.4 is 4.90 Å². The molecule has 3 heterocycles. The Morgan fingerprint density at radius 3 is 2.25 bits per heavy atom. The van der Waals surface area contributed by atoms with E-state index in [1.807, 2.05) is 91.1 Å². The number of hydrogen-bond donors (Lipinski definition) is 1. The zero-order valence-corrected chi connectivity index (χ0v) is 31.0. The van der Waals surface area contributed by atoms with Crippen molar-refractivity contribution in [2.75, 3.05) is 11.5 Å². The Bertz CT molecular complexity index is 1480. The summed E-state index contributed by atoms with van der Waals surface area (Å²) in [7, 11) is -1.31. The topological polar surface area (TPSA) is 112 Å². The number of imidazole rings is 1. The molecule has 3 aromatic rings. The number of carbonyl (C=O) groups is 1. The maximum atomic E-state index is 13.6. The molecule has 0 aliphatic carbocycles. The van der Waals surface area contributed by atoms with Gasteiger partial charge in [-0.25, -0.2) is 19.7 Å². The fraction of sp³-hybridized carbons (Fsp3) is 0.625. The summed E-state index contributed by atoms with van der Waals surface area (Å²) in [5.41, 5.74) is -0.920. The fourth-order valence-corrected chi connectivity index (χ4v) is 7.38. The highest BCUT2D eigenvalue weighted by atomic mass is 127. The normalized spacial score (nSPS) is 23.0. The molecule has 12 heteroatoms. The highest BCUT2D eigenvalue weighted by Crippen LogP contribution is 2.52. The van der Waals surface area contributed by atoms with Crippen LogP contribution in [0.1, 0.15) is 74.3 Å². The van der Waals surface area contributed by atoms with Gasteiger partial charge in [-0.1, -0.05) is 46.0 Å². The first-order chi connectivity index (χ1) is 20.2. The van der Waals surface area contributed by atoms with Crippen molar-refractivity contribution in [3.05, 3.63) is 46.1 Å². The van der Waals surface area contributed by atoms with Crippen LogP contribution in [0.5, 0.6) is 0 Å². The van der Waals surface area contributed by atoms with Crippen LogP contribution in [0.3, 0.4) is 0 Å². The number of amides is 1. The number of hydrogen-bond acceptors (Lipinski definition) is 8. The SMILES string of the molecule is C[Si](C)[C@]1(n2cnc3c(N(Cc4ccc(I)cc4)C(=O)OC(C)(C)C)ncnc32)C[C@@](O)(C(C)(C)C)[C@@H](COC(C)(C)C)O1. The predicted molar refractivity (Wildman–Crippen MR) is 182 cm³/mol. The molecule has 44 heavy (non-hydrogen) atoms. The van der Waals surface area contributed by atoms with E-state index in [1.54, 1.807) is 6.33 Å². The first-order valence-corrected chi connectivity index (χ1v) is 18.5. The van der Waals surface area contributed by atoms with Gasteiger partial charge >= 0.3 is 6.09 Å². The zero-order chi connectivity index (χ0) is 32.9. The molecule has 4 rings (SSSR count). The molecule has 0 bridgehead atoms. The molecule has 2 aromatic heterocycles. The van der Waals surface area contributed by atoms with Crippen molar-refractivity contribution < 1.29 is 24.1 Å². The van der Waals surface area contributed by atoms with Crippen LogP contribution in [0.15, 0.2) is 36.9 Å². The van der Waals surface area contributed by atoms with Crippen LogP contribution in [0.4, 0.5) is 10.6 Å². The summed E-state index contributed by atoms with van der Waals surface area (Å²) in [6.07, 6.45) is 2.37. The van der Waals surface area contributed by atoms with E-state index < -0.39 is 48.6 Å². The van der Waals surface area contributed by atoms with Crippen molar-refractivity contribution in [2.24, 2.45) is 5.41 Å². The number of nitrogens with zero attached hydrogens (tertiary/aromatic N) is 5. The lowest BCUT2D eigenvalue weighted by molar-refractivity contribution is -0.159. The van der Waals surface area contributed by atoms with Crippen LogP contribution in [0.2, 0.25) is 13.1 Å². The van der Waals surface area contributed by atoms with Gasteiger partial charge in [0.2, 0.25) is 0 Å². The van der Waals surface area contributed by atoms with E-state index in [0.717, 1.165) is 9.13 Å². The van der Waals surface area contributed by atoms with Crippen molar-refractivity contribution in [2.45, 2.75) is 117 Å². The summed E-state index contributed by atoms with van der Waals surface area (Å²) >= 11 is 2.26. The molecule has 1 fully saturated rings. The van der Waals surface area contributed by atoms with Crippen LogP contribution in [-0.4, -0.2) is 69.0 Å². The minimum absolute atomic E-state index is 0.235. The van der Waals surface area contributed by atoms with Gasteiger partial charge in [0, 0.05) is 9.99 Å². The summed E-state index contributed by atoms with van der Waals surface area (Å²) in [5.74, 6) is 0.342. The van der Waals surface area contributed by atoms with E-state index in [2.05, 4.69) is 45.7 Å². The lowest BCUT2D eigenvalue weighted by Crippen LogP contribution is -2.52. The van der Waals surface area contributed by atoms with Crippen molar-refractivity contribution in [1.82, 2.24) is 19.5 Å². The summed E-state index contributed by atoms with van der Waals surface area (Å²) in [4.78, 5) is 29.1. The number of anilines is 1. The Hall–Kier alpha value is -2.13. The van der Waals surface area contributed by atoms with E-state index in [0.29, 0.717) is 23.4 Å². The molecule has 10 nitrogen and oxygen atoms in total. The third kappa shape index (κ3) is 7.14. The number of rotatable bonds is 7. The Balaban J connectivity index is 1.84. The van der Waals surface area contributed by atoms with Gasteiger partial charge in [0.15, 0.2) is 17.0 Å². The van der Waals surface area contributed by atoms with E-state index in [-0.39, 0.29) is 13.2 Å². The monoisotopic (exact) mass is 736 g/mol. The minimum Gasteiger partial charge on any atom is -0.443 e. The van der Waals surface area contributed by atoms with Crippen LogP contribution >= 0.6 is 22.6 Å². The summed E-state index contributed by atoms with van der Waals surface area (Å²) in [6.45, 7) is 22.4. The van der Waals surface area contributed by atoms with Gasteiger partial charge in [0.25, 0.3) is 0 Å². The zero-order valence-electron chi connectivity index (χ0n) is 27.9. The maximum Gasteiger partial charge on any atom is 0.416 e. The average molecular weight is 737 g/mol. The number of halogens is 1. The molecule has 241 valence electrons. The molecular weight excluding hydrogens is 689 g/mol. The predicted octanol–water partition coefficient (Wildman–Crippen LogP) is 6.70. The van der Waals surface area contributed by atoms with Crippen molar-refractivity contribution in [1.29, 1.82) is 0 Å². The number of aromatic nitrogens is 4. The van der Waals surface area contributed by atoms with Crippen molar-refractivity contribution in [3.8, 4) is 0 Å². The van der Waals surface area contributed by atoms with Crippen LogP contribution in [0, 0.1) is 8.99 Å². The van der Waals surface area contributed by atoms with Gasteiger partial charge in [0.05, 0.1) is 25.1 Å². The quantitative estimate of drug-likeness (QED) is 0.211. The van der Waals surface area contributed by atoms with E-state index in [9.17, 15) is 9.90 Å². The van der Waals surface area contributed by atoms with Gasteiger partial charge in [-0.05, 0) is 87.2 Å². The molecule has 1 aliphatic rings. The number of fused-ring (bicyclic) bond motifs is 1. The van der Waals surface area contributed by atoms with Gasteiger partial charge in [-0.15, -0.1) is 0 Å². The second-order valence-corrected chi connectivity index (χ2v) is 18.9. The minimum atomic E-state index is -1.31. The number of benzene rings is 1. The highest BCUT2D eigenvalue weighted by molar-refractivity contribution is 14.1. The summed E-state index contributed by atoms with van der Waals surface area (Å²) in [6, 6.07) is 7.95. The lowest BCUT2D eigenvalue weighted by Gasteiger charge is -2.41. The smallest absolute Gasteiger partial charge is 0.416 e. The second kappa shape index (κ2) is 12.2. The molecule has 0 saturated carbocycles. The average Bonchev–Trinajstić information content (AvgIpc) is 3.46. The number of ether oxygens (including phenoxy) is 3. The third-order valence-electron chi connectivity index (χ3n) is 7.95. The molecule has 1 aliphatic heterocycles. The van der Waals surface area contributed by atoms with E-state index >= 15 is 0 Å². The van der Waals surface area contributed by atoms with E-state index in [4.69, 9.17) is 19.2 Å². The Kier molecular flexibility index (Phi) is 9.66. The van der Waals surface area contributed by atoms with Crippen molar-refractivity contribution in [3.63, 3.8) is 0 Å². The Morgan fingerprint density at radius 2 is 1.70 bits per heavy atom. The summed E-state index contributed by atoms with van der Waals surface area (Å²) in [5, 5.41) is 11.4. The first-order valence-electron chi connectivity index (χ1n) is 15.0. The van der Waals surface area contributed by atoms with Crippen molar-refractivity contribution >= 4 is 54.5 Å². The molecule has 1 radical (unpaired) electrons. The highest BCUT2D eigenvalue weighted by Gasteiger charge is 2.62. The molecule has 1 N–H and O–H groups in total. The Morgan fingerprint density at radius 1 is 1.07 bits per heavy atom. The second-order valence-electron chi connectivity index (χ2n) is 14.8. The third-order valence-corrected chi connectivity index (χ3v) is 10.8. The molecule has 1 saturated heterocycles. The lowest BCUT2D eigenvalue weighted by atomic mass is 9.72. The van der Waals surface area contributed by atoms with Gasteiger partial charge in [-0.3, -0.25) is 9.47 Å². The van der Waals surface area contributed by atoms with E-state index in [1.165, 1.54) is 11.2 Å². The maximum absolute atomic E-state index is 13.6. The number of aliphatic hydroxyl groups is 1. The van der Waals surface area contributed by atoms with Crippen LogP contribution in [-0.2, 0) is 26.1 Å². The van der Waals surface area contributed by atoms with Gasteiger partial charge in [-0.2, -0.15) is 0 Å². The van der Waals surface area contributed by atoms with Crippen LogP contribution in [0.25, 0.3) is 11.2 Å². The molecule has 0 spiro atoms. The first kappa shape index (κ1) is 34.7. The molecule has 0 unspecified atom stereocenters. The molecule has 3 atom stereocenters. The summed E-state index contributed by atoms with van der Waals surface area (Å²) < 4.78 is 22.0. The molecule has 1 amide bonds. The molecular formula is C32H47IN5O5Si. The largest absolute Gasteiger partial charge is 0.443 e.